The SMILES string of the molecule is CCCCCC[C@@H]1C[C@H]1CCO. The van der Waals surface area contributed by atoms with Crippen molar-refractivity contribution >= 4 is 0 Å². The van der Waals surface area contributed by atoms with E-state index in [1.807, 2.05) is 0 Å². The van der Waals surface area contributed by atoms with Crippen molar-refractivity contribution in [3.63, 3.8) is 0 Å². The molecule has 0 radical (unpaired) electrons. The third kappa shape index (κ3) is 3.57. The van der Waals surface area contributed by atoms with Crippen LogP contribution in [0.15, 0.2) is 0 Å². The van der Waals surface area contributed by atoms with E-state index in [1.165, 1.54) is 38.5 Å². The highest BCUT2D eigenvalue weighted by molar-refractivity contribution is 4.85. The monoisotopic (exact) mass is 170 g/mol. The van der Waals surface area contributed by atoms with Gasteiger partial charge >= 0.3 is 0 Å². The van der Waals surface area contributed by atoms with Gasteiger partial charge in [0.25, 0.3) is 0 Å². The van der Waals surface area contributed by atoms with Crippen LogP contribution in [0.4, 0.5) is 0 Å². The lowest BCUT2D eigenvalue weighted by atomic mass is 10.1. The van der Waals surface area contributed by atoms with Crippen molar-refractivity contribution in [2.24, 2.45) is 11.8 Å². The van der Waals surface area contributed by atoms with Crippen LogP contribution in [0.1, 0.15) is 51.9 Å². The summed E-state index contributed by atoms with van der Waals surface area (Å²) in [6.45, 7) is 2.65. The first-order valence-electron chi connectivity index (χ1n) is 5.49. The number of aliphatic hydroxyl groups is 1. The number of unbranched alkanes of at least 4 members (excludes halogenated alkanes) is 3. The Balaban J connectivity index is 1.83. The molecule has 0 amide bonds. The molecule has 0 heterocycles. The molecule has 1 rings (SSSR count). The average molecular weight is 170 g/mol. The molecule has 1 heteroatoms. The van der Waals surface area contributed by atoms with Gasteiger partial charge < -0.3 is 5.11 Å². The third-order valence-electron chi connectivity index (χ3n) is 3.00. The molecule has 0 aromatic rings. The van der Waals surface area contributed by atoms with Crippen molar-refractivity contribution in [2.75, 3.05) is 6.61 Å². The lowest BCUT2D eigenvalue weighted by molar-refractivity contribution is 0.276. The van der Waals surface area contributed by atoms with Crippen molar-refractivity contribution < 1.29 is 5.11 Å². The summed E-state index contributed by atoms with van der Waals surface area (Å²) in [7, 11) is 0. The van der Waals surface area contributed by atoms with Gasteiger partial charge in [0, 0.05) is 6.61 Å². The molecule has 0 spiro atoms. The van der Waals surface area contributed by atoms with Gasteiger partial charge in [-0.05, 0) is 24.7 Å². The van der Waals surface area contributed by atoms with E-state index in [-0.39, 0.29) is 0 Å². The molecule has 0 aromatic carbocycles. The molecule has 12 heavy (non-hydrogen) atoms. The minimum atomic E-state index is 0.399. The van der Waals surface area contributed by atoms with E-state index < -0.39 is 0 Å². The van der Waals surface area contributed by atoms with Gasteiger partial charge in [0.2, 0.25) is 0 Å². The summed E-state index contributed by atoms with van der Waals surface area (Å²) in [6.07, 6.45) is 9.44. The molecule has 0 aliphatic heterocycles. The molecule has 0 bridgehead atoms. The number of hydrogen-bond acceptors (Lipinski definition) is 1. The summed E-state index contributed by atoms with van der Waals surface area (Å²) in [6, 6.07) is 0. The zero-order chi connectivity index (χ0) is 8.81. The van der Waals surface area contributed by atoms with Crippen molar-refractivity contribution in [3.8, 4) is 0 Å². The van der Waals surface area contributed by atoms with Crippen molar-refractivity contribution in [2.45, 2.75) is 51.9 Å². The summed E-state index contributed by atoms with van der Waals surface area (Å²) in [5, 5.41) is 8.70. The zero-order valence-corrected chi connectivity index (χ0v) is 8.26. The Morgan fingerprint density at radius 3 is 2.50 bits per heavy atom. The minimum absolute atomic E-state index is 0.399. The normalized spacial score (nSPS) is 27.5. The van der Waals surface area contributed by atoms with Crippen LogP contribution in [0, 0.1) is 11.8 Å². The fourth-order valence-electron chi connectivity index (χ4n) is 2.02. The maximum Gasteiger partial charge on any atom is 0.0433 e. The first kappa shape index (κ1) is 10.0. The molecule has 1 nitrogen and oxygen atoms in total. The molecule has 1 N–H and O–H groups in total. The molecule has 0 saturated heterocycles. The van der Waals surface area contributed by atoms with Crippen LogP contribution in [-0.4, -0.2) is 11.7 Å². The van der Waals surface area contributed by atoms with E-state index in [0.29, 0.717) is 6.61 Å². The van der Waals surface area contributed by atoms with E-state index in [2.05, 4.69) is 6.92 Å². The van der Waals surface area contributed by atoms with Gasteiger partial charge in [-0.2, -0.15) is 0 Å². The molecule has 2 atom stereocenters. The van der Waals surface area contributed by atoms with E-state index in [9.17, 15) is 0 Å². The Kier molecular flexibility index (Phi) is 4.67. The molecular formula is C11H22O. The highest BCUT2D eigenvalue weighted by Gasteiger charge is 2.34. The van der Waals surface area contributed by atoms with Gasteiger partial charge in [0.15, 0.2) is 0 Å². The number of aliphatic hydroxyl groups excluding tert-OH is 1. The van der Waals surface area contributed by atoms with Gasteiger partial charge in [-0.3, -0.25) is 0 Å². The second-order valence-electron chi connectivity index (χ2n) is 4.12. The topological polar surface area (TPSA) is 20.2 Å². The summed E-state index contributed by atoms with van der Waals surface area (Å²) in [4.78, 5) is 0. The Morgan fingerprint density at radius 2 is 1.83 bits per heavy atom. The molecule has 1 saturated carbocycles. The van der Waals surface area contributed by atoms with Crippen molar-refractivity contribution in [1.82, 2.24) is 0 Å². The van der Waals surface area contributed by atoms with Crippen molar-refractivity contribution in [1.29, 1.82) is 0 Å². The fourth-order valence-corrected chi connectivity index (χ4v) is 2.02. The zero-order valence-electron chi connectivity index (χ0n) is 8.26. The Labute approximate surface area is 76.2 Å². The lowest BCUT2D eigenvalue weighted by Crippen LogP contribution is -1.88. The maximum atomic E-state index is 8.70. The summed E-state index contributed by atoms with van der Waals surface area (Å²) >= 11 is 0. The molecule has 1 aliphatic carbocycles. The molecule has 1 aliphatic rings. The van der Waals surface area contributed by atoms with E-state index in [0.717, 1.165) is 18.3 Å². The fraction of sp³-hybridized carbons (Fsp3) is 1.00. The van der Waals surface area contributed by atoms with E-state index in [1.54, 1.807) is 0 Å². The molecule has 1 fully saturated rings. The molecular weight excluding hydrogens is 148 g/mol. The predicted octanol–water partition coefficient (Wildman–Crippen LogP) is 2.98. The van der Waals surface area contributed by atoms with Gasteiger partial charge in [-0.1, -0.05) is 39.0 Å². The van der Waals surface area contributed by atoms with Gasteiger partial charge in [0.05, 0.1) is 0 Å². The highest BCUT2D eigenvalue weighted by Crippen LogP contribution is 2.44. The Bertz CT molecular complexity index is 112. The summed E-state index contributed by atoms with van der Waals surface area (Å²) in [5.41, 5.74) is 0. The van der Waals surface area contributed by atoms with Gasteiger partial charge in [-0.25, -0.2) is 0 Å². The minimum Gasteiger partial charge on any atom is -0.396 e. The third-order valence-corrected chi connectivity index (χ3v) is 3.00. The second-order valence-corrected chi connectivity index (χ2v) is 4.12. The number of hydrogen-bond donors (Lipinski definition) is 1. The lowest BCUT2D eigenvalue weighted by Gasteiger charge is -1.98. The van der Waals surface area contributed by atoms with Crippen LogP contribution < -0.4 is 0 Å². The smallest absolute Gasteiger partial charge is 0.0433 e. The standard InChI is InChI=1S/C11H22O/c1-2-3-4-5-6-10-9-11(10)7-8-12/h10-12H,2-9H2,1H3/t10-,11-/m1/s1. The maximum absolute atomic E-state index is 8.70. The van der Waals surface area contributed by atoms with Crippen molar-refractivity contribution in [3.05, 3.63) is 0 Å². The van der Waals surface area contributed by atoms with Crippen LogP contribution >= 0.6 is 0 Å². The quantitative estimate of drug-likeness (QED) is 0.582. The van der Waals surface area contributed by atoms with Crippen LogP contribution in [0.5, 0.6) is 0 Å². The summed E-state index contributed by atoms with van der Waals surface area (Å²) in [5.74, 6) is 1.87. The largest absolute Gasteiger partial charge is 0.396 e. The van der Waals surface area contributed by atoms with E-state index in [4.69, 9.17) is 5.11 Å². The van der Waals surface area contributed by atoms with E-state index >= 15 is 0 Å². The van der Waals surface area contributed by atoms with Gasteiger partial charge in [-0.15, -0.1) is 0 Å². The summed E-state index contributed by atoms with van der Waals surface area (Å²) < 4.78 is 0. The Hall–Kier alpha value is -0.0400. The second kappa shape index (κ2) is 5.58. The predicted molar refractivity (Wildman–Crippen MR) is 52.1 cm³/mol. The molecule has 72 valence electrons. The average Bonchev–Trinajstić information content (AvgIpc) is 2.79. The number of rotatable bonds is 7. The first-order chi connectivity index (χ1) is 5.88. The van der Waals surface area contributed by atoms with Crippen LogP contribution in [0.3, 0.4) is 0 Å². The first-order valence-corrected chi connectivity index (χ1v) is 5.49. The Morgan fingerprint density at radius 1 is 1.08 bits per heavy atom. The van der Waals surface area contributed by atoms with Crippen LogP contribution in [0.25, 0.3) is 0 Å². The van der Waals surface area contributed by atoms with Crippen LogP contribution in [-0.2, 0) is 0 Å². The highest BCUT2D eigenvalue weighted by atomic mass is 16.3. The van der Waals surface area contributed by atoms with Crippen LogP contribution in [0.2, 0.25) is 0 Å². The van der Waals surface area contributed by atoms with Gasteiger partial charge in [0.1, 0.15) is 0 Å². The molecule has 0 aromatic heterocycles. The molecule has 0 unspecified atom stereocenters.